The first-order chi connectivity index (χ1) is 8.65. The first kappa shape index (κ1) is 15.7. The Morgan fingerprint density at radius 3 is 2.28 bits per heavy atom. The van der Waals surface area contributed by atoms with Gasteiger partial charge in [-0.25, -0.2) is 0 Å². The fraction of sp³-hybridized carbons (Fsp3) is 0.538. The van der Waals surface area contributed by atoms with Crippen LogP contribution >= 0.6 is 23.2 Å². The summed E-state index contributed by atoms with van der Waals surface area (Å²) in [6, 6.07) is 5.63. The van der Waals surface area contributed by atoms with Crippen molar-refractivity contribution in [2.45, 2.75) is 19.1 Å². The first-order valence-electron chi connectivity index (χ1n) is 5.87. The van der Waals surface area contributed by atoms with E-state index >= 15 is 0 Å². The number of rotatable bonds is 8. The van der Waals surface area contributed by atoms with Gasteiger partial charge in [0, 0.05) is 30.8 Å². The highest BCUT2D eigenvalue weighted by molar-refractivity contribution is 6.34. The van der Waals surface area contributed by atoms with E-state index < -0.39 is 0 Å². The molecule has 0 spiro atoms. The van der Waals surface area contributed by atoms with Crippen LogP contribution in [-0.2, 0) is 15.9 Å². The van der Waals surface area contributed by atoms with Crippen LogP contribution in [0.15, 0.2) is 18.2 Å². The zero-order valence-corrected chi connectivity index (χ0v) is 12.2. The average molecular weight is 292 g/mol. The highest BCUT2D eigenvalue weighted by atomic mass is 35.5. The summed E-state index contributed by atoms with van der Waals surface area (Å²) in [4.78, 5) is 0. The molecule has 0 aliphatic rings. The van der Waals surface area contributed by atoms with Crippen LogP contribution in [0.2, 0.25) is 10.0 Å². The normalized spacial score (nSPS) is 11.2. The smallest absolute Gasteiger partial charge is 0.169 e. The van der Waals surface area contributed by atoms with E-state index in [1.165, 1.54) is 0 Å². The molecule has 102 valence electrons. The van der Waals surface area contributed by atoms with Gasteiger partial charge in [0.05, 0.1) is 0 Å². The molecule has 0 amide bonds. The van der Waals surface area contributed by atoms with Gasteiger partial charge < -0.3 is 14.8 Å². The highest BCUT2D eigenvalue weighted by Crippen LogP contribution is 2.19. The minimum Gasteiger partial charge on any atom is -0.355 e. The Hall–Kier alpha value is -0.320. The molecule has 0 radical (unpaired) electrons. The molecule has 0 aliphatic heterocycles. The first-order valence-corrected chi connectivity index (χ1v) is 6.62. The lowest BCUT2D eigenvalue weighted by Gasteiger charge is -2.13. The molecule has 0 unspecified atom stereocenters. The highest BCUT2D eigenvalue weighted by Gasteiger charge is 2.03. The molecule has 0 heterocycles. The van der Waals surface area contributed by atoms with Crippen molar-refractivity contribution in [3.05, 3.63) is 33.8 Å². The number of hydrogen-bond donors (Lipinski definition) is 1. The summed E-state index contributed by atoms with van der Waals surface area (Å²) in [5, 5.41) is 4.64. The zero-order valence-electron chi connectivity index (χ0n) is 10.7. The van der Waals surface area contributed by atoms with E-state index in [0.717, 1.165) is 24.9 Å². The Kier molecular flexibility index (Phi) is 7.63. The Morgan fingerprint density at radius 1 is 1.11 bits per heavy atom. The minimum absolute atomic E-state index is 0.189. The van der Waals surface area contributed by atoms with Gasteiger partial charge in [-0.15, -0.1) is 0 Å². The van der Waals surface area contributed by atoms with Gasteiger partial charge in [-0.2, -0.15) is 0 Å². The number of nitrogens with one attached hydrogen (secondary N) is 1. The van der Waals surface area contributed by atoms with Crippen LogP contribution in [0.4, 0.5) is 0 Å². The maximum absolute atomic E-state index is 5.94. The predicted octanol–water partition coefficient (Wildman–Crippen LogP) is 3.13. The Balaban J connectivity index is 2.21. The van der Waals surface area contributed by atoms with Gasteiger partial charge >= 0.3 is 0 Å². The molecule has 0 bridgehead atoms. The average Bonchev–Trinajstić information content (AvgIpc) is 2.32. The van der Waals surface area contributed by atoms with Crippen LogP contribution < -0.4 is 5.32 Å². The van der Waals surface area contributed by atoms with E-state index in [2.05, 4.69) is 5.32 Å². The van der Waals surface area contributed by atoms with Crippen molar-refractivity contribution in [3.63, 3.8) is 0 Å². The van der Waals surface area contributed by atoms with E-state index in [9.17, 15) is 0 Å². The second-order valence-corrected chi connectivity index (χ2v) is 4.86. The molecule has 1 aromatic rings. The van der Waals surface area contributed by atoms with E-state index in [4.69, 9.17) is 32.7 Å². The van der Waals surface area contributed by atoms with E-state index in [1.54, 1.807) is 20.3 Å². The molecule has 5 heteroatoms. The lowest BCUT2D eigenvalue weighted by atomic mass is 10.1. The number of ether oxygens (including phenoxy) is 2. The Morgan fingerprint density at radius 2 is 1.72 bits per heavy atom. The van der Waals surface area contributed by atoms with Gasteiger partial charge in [0.15, 0.2) is 6.29 Å². The SMILES string of the molecule is COC(CNCCCc1cc(Cl)cc(Cl)c1)OC. The van der Waals surface area contributed by atoms with Crippen molar-refractivity contribution in [1.82, 2.24) is 5.32 Å². The summed E-state index contributed by atoms with van der Waals surface area (Å²) in [5.41, 5.74) is 1.16. The largest absolute Gasteiger partial charge is 0.355 e. The summed E-state index contributed by atoms with van der Waals surface area (Å²) in [6.45, 7) is 1.58. The third kappa shape index (κ3) is 6.03. The van der Waals surface area contributed by atoms with Crippen molar-refractivity contribution < 1.29 is 9.47 Å². The number of hydrogen-bond acceptors (Lipinski definition) is 3. The molecule has 1 N–H and O–H groups in total. The van der Waals surface area contributed by atoms with Gasteiger partial charge in [0.2, 0.25) is 0 Å². The zero-order chi connectivity index (χ0) is 13.4. The van der Waals surface area contributed by atoms with Crippen LogP contribution in [0.5, 0.6) is 0 Å². The molecule has 1 rings (SSSR count). The van der Waals surface area contributed by atoms with Crippen LogP contribution in [-0.4, -0.2) is 33.6 Å². The van der Waals surface area contributed by atoms with Crippen molar-refractivity contribution in [3.8, 4) is 0 Å². The number of benzene rings is 1. The lowest BCUT2D eigenvalue weighted by Crippen LogP contribution is -2.30. The second-order valence-electron chi connectivity index (χ2n) is 3.99. The summed E-state index contributed by atoms with van der Waals surface area (Å²) in [6.07, 6.45) is 1.76. The maximum Gasteiger partial charge on any atom is 0.169 e. The monoisotopic (exact) mass is 291 g/mol. The second kappa shape index (κ2) is 8.73. The summed E-state index contributed by atoms with van der Waals surface area (Å²) < 4.78 is 10.2. The molecular formula is C13H19Cl2NO2. The quantitative estimate of drug-likeness (QED) is 0.590. The maximum atomic E-state index is 5.94. The number of methoxy groups -OCH3 is 2. The Labute approximate surface area is 118 Å². The van der Waals surface area contributed by atoms with Crippen LogP contribution in [0, 0.1) is 0 Å². The fourth-order valence-electron chi connectivity index (χ4n) is 1.66. The molecule has 18 heavy (non-hydrogen) atoms. The fourth-order valence-corrected chi connectivity index (χ4v) is 2.23. The van der Waals surface area contributed by atoms with Crippen LogP contribution in [0.25, 0.3) is 0 Å². The Bertz CT molecular complexity index is 337. The van der Waals surface area contributed by atoms with E-state index in [-0.39, 0.29) is 6.29 Å². The minimum atomic E-state index is -0.189. The van der Waals surface area contributed by atoms with Crippen molar-refractivity contribution in [2.24, 2.45) is 0 Å². The molecule has 0 aliphatic carbocycles. The molecule has 0 aromatic heterocycles. The third-order valence-electron chi connectivity index (χ3n) is 2.58. The number of halogens is 2. The van der Waals surface area contributed by atoms with Crippen LogP contribution in [0.1, 0.15) is 12.0 Å². The van der Waals surface area contributed by atoms with Gasteiger partial charge in [-0.05, 0) is 43.1 Å². The van der Waals surface area contributed by atoms with E-state index in [1.807, 2.05) is 12.1 Å². The van der Waals surface area contributed by atoms with Crippen molar-refractivity contribution in [2.75, 3.05) is 27.3 Å². The molecule has 1 aromatic carbocycles. The topological polar surface area (TPSA) is 30.5 Å². The third-order valence-corrected chi connectivity index (χ3v) is 3.01. The molecular weight excluding hydrogens is 273 g/mol. The van der Waals surface area contributed by atoms with Crippen molar-refractivity contribution >= 4 is 23.2 Å². The summed E-state index contributed by atoms with van der Waals surface area (Å²) >= 11 is 11.9. The molecule has 3 nitrogen and oxygen atoms in total. The molecule has 0 fully saturated rings. The van der Waals surface area contributed by atoms with Gasteiger partial charge in [-0.3, -0.25) is 0 Å². The molecule has 0 saturated heterocycles. The lowest BCUT2D eigenvalue weighted by molar-refractivity contribution is -0.0986. The predicted molar refractivity (Wildman–Crippen MR) is 75.5 cm³/mol. The van der Waals surface area contributed by atoms with Gasteiger partial charge in [0.25, 0.3) is 0 Å². The molecule has 0 saturated carbocycles. The summed E-state index contributed by atoms with van der Waals surface area (Å²) in [5.74, 6) is 0. The summed E-state index contributed by atoms with van der Waals surface area (Å²) in [7, 11) is 3.26. The van der Waals surface area contributed by atoms with Gasteiger partial charge in [0.1, 0.15) is 0 Å². The standard InChI is InChI=1S/C13H19Cl2NO2/c1-17-13(18-2)9-16-5-3-4-10-6-11(14)8-12(15)7-10/h6-8,13,16H,3-5,9H2,1-2H3. The number of aryl methyl sites for hydroxylation is 1. The van der Waals surface area contributed by atoms with Crippen molar-refractivity contribution in [1.29, 1.82) is 0 Å². The van der Waals surface area contributed by atoms with Crippen LogP contribution in [0.3, 0.4) is 0 Å². The van der Waals surface area contributed by atoms with Gasteiger partial charge in [-0.1, -0.05) is 23.2 Å². The van der Waals surface area contributed by atoms with E-state index in [0.29, 0.717) is 16.6 Å². The molecule has 0 atom stereocenters.